The summed E-state index contributed by atoms with van der Waals surface area (Å²) in [5.41, 5.74) is 10.5. The molecule has 4 aliphatic rings. The maximum Gasteiger partial charge on any atom is 0.324 e. The van der Waals surface area contributed by atoms with Gasteiger partial charge in [0, 0.05) is 126 Å². The Morgan fingerprint density at radius 2 is 1.74 bits per heavy atom. The molecule has 404 valence electrons. The van der Waals surface area contributed by atoms with Crippen molar-refractivity contribution in [2.45, 2.75) is 124 Å². The zero-order valence-electron chi connectivity index (χ0n) is 45.6. The third-order valence-corrected chi connectivity index (χ3v) is 16.4. The third-order valence-electron chi connectivity index (χ3n) is 15.5. The number of thiazole rings is 1. The number of likely N-dealkylation sites (tertiary alicyclic amines) is 1. The molecule has 6 bridgehead atoms. The number of likely N-dealkylation sites (N-methyl/N-ethyl adjacent to an activating group) is 2. The number of hydrogen-bond donors (Lipinski definition) is 2. The number of carbonyl (C=O) groups excluding carboxylic acids is 4. The van der Waals surface area contributed by atoms with Crippen molar-refractivity contribution in [1.82, 2.24) is 45.0 Å². The van der Waals surface area contributed by atoms with Crippen molar-refractivity contribution in [3.8, 4) is 22.5 Å². The minimum Gasteiger partial charge on any atom is -0.464 e. The molecule has 3 fully saturated rings. The lowest BCUT2D eigenvalue weighted by Gasteiger charge is -2.39. The Kier molecular flexibility index (Phi) is 17.7. The highest BCUT2D eigenvalue weighted by molar-refractivity contribution is 7.10. The SMILES string of the molecule is CCn1c(-c2cc(N3CCN(C)CC3)cnc2[C@H](C)OC)c2c3cc(ccc31)-c1csc(n1)C[C@H](NC(=O)[C@H](C(C)C)N(C)C(=O)N1CCCC(CC(OC)OC)C1)C(=O)N1CCC[C@H](N1)C(=O)OCC(C)(C)C2. The maximum atomic E-state index is 14.8. The van der Waals surface area contributed by atoms with Crippen molar-refractivity contribution in [3.05, 3.63) is 52.1 Å². The van der Waals surface area contributed by atoms with Crippen LogP contribution in [0.3, 0.4) is 0 Å². The molecule has 0 saturated carbocycles. The van der Waals surface area contributed by atoms with E-state index in [1.54, 1.807) is 33.3 Å². The van der Waals surface area contributed by atoms with Gasteiger partial charge in [-0.05, 0) is 88.6 Å². The molecule has 3 aromatic heterocycles. The number of cyclic esters (lactones) is 1. The van der Waals surface area contributed by atoms with Gasteiger partial charge in [0.1, 0.15) is 18.1 Å². The van der Waals surface area contributed by atoms with Gasteiger partial charge in [0.05, 0.1) is 46.7 Å². The highest BCUT2D eigenvalue weighted by Gasteiger charge is 2.40. The minimum atomic E-state index is -1.07. The summed E-state index contributed by atoms with van der Waals surface area (Å²) in [6.07, 6.45) is 5.44. The topological polar surface area (TPSA) is 176 Å². The standard InChI is InChI=1S/C55H80N10O8S/c1-12-64-45-18-17-37-26-39(45)41(50(64)40-27-38(30-56-48(40)35(4)70-9)62-23-21-60(7)22-24-62)29-55(5,6)33-73-53(68)42-16-14-20-65(59-42)52(67)43(28-46-57-44(37)32-74-46)58-51(66)49(34(2)3)61(8)54(69)63-19-13-15-36(31-63)25-47(71-10)72-11/h17-18,26-27,30,32,34-36,42-43,47,49,59H,12-16,19-25,28-29,31,33H2,1-11H3,(H,58,66)/t35-,36?,42-,43-,49-/m0/s1. The Balaban J connectivity index is 1.16. The second kappa shape index (κ2) is 23.8. The van der Waals surface area contributed by atoms with E-state index in [4.69, 9.17) is 28.9 Å². The van der Waals surface area contributed by atoms with E-state index >= 15 is 0 Å². The number of aryl methyl sites for hydroxylation is 1. The van der Waals surface area contributed by atoms with E-state index in [0.29, 0.717) is 56.9 Å². The molecule has 0 radical (unpaired) electrons. The number of hydrazine groups is 1. The zero-order chi connectivity index (χ0) is 53.0. The second-order valence-corrected chi connectivity index (χ2v) is 22.9. The lowest BCUT2D eigenvalue weighted by molar-refractivity contribution is -0.155. The van der Waals surface area contributed by atoms with Crippen LogP contribution in [-0.4, -0.2) is 170 Å². The summed E-state index contributed by atoms with van der Waals surface area (Å²) in [5.74, 6) is -1.40. The monoisotopic (exact) mass is 1040 g/mol. The normalized spacial score (nSPS) is 22.0. The predicted molar refractivity (Wildman–Crippen MR) is 288 cm³/mol. The van der Waals surface area contributed by atoms with E-state index in [1.165, 1.54) is 21.2 Å². The van der Waals surface area contributed by atoms with Crippen LogP contribution >= 0.6 is 11.3 Å². The van der Waals surface area contributed by atoms with Gasteiger partial charge in [-0.2, -0.15) is 0 Å². The number of urea groups is 1. The summed E-state index contributed by atoms with van der Waals surface area (Å²) >= 11 is 1.43. The molecule has 74 heavy (non-hydrogen) atoms. The lowest BCUT2D eigenvalue weighted by atomic mass is 9.84. The van der Waals surface area contributed by atoms with E-state index < -0.39 is 41.3 Å². The lowest BCUT2D eigenvalue weighted by Crippen LogP contribution is -2.62. The molecule has 8 rings (SSSR count). The van der Waals surface area contributed by atoms with Crippen LogP contribution in [0.4, 0.5) is 10.5 Å². The van der Waals surface area contributed by atoms with Crippen LogP contribution < -0.4 is 15.6 Å². The van der Waals surface area contributed by atoms with Crippen LogP contribution in [0.1, 0.15) is 96.0 Å². The van der Waals surface area contributed by atoms with Gasteiger partial charge in [-0.3, -0.25) is 24.4 Å². The van der Waals surface area contributed by atoms with Crippen molar-refractivity contribution in [2.24, 2.45) is 17.3 Å². The fraction of sp³-hybridized carbons (Fsp3) is 0.636. The summed E-state index contributed by atoms with van der Waals surface area (Å²) in [5, 5.41) is 8.27. The first-order valence-electron chi connectivity index (χ1n) is 26.6. The van der Waals surface area contributed by atoms with Gasteiger partial charge < -0.3 is 48.4 Å². The van der Waals surface area contributed by atoms with Crippen LogP contribution in [0.15, 0.2) is 35.8 Å². The van der Waals surface area contributed by atoms with Crippen molar-refractivity contribution >= 4 is 51.7 Å². The fourth-order valence-electron chi connectivity index (χ4n) is 11.4. The third kappa shape index (κ3) is 12.1. The minimum absolute atomic E-state index is 0.0914. The van der Waals surface area contributed by atoms with Gasteiger partial charge >= 0.3 is 12.0 Å². The highest BCUT2D eigenvalue weighted by Crippen LogP contribution is 2.43. The molecule has 4 amide bonds. The number of rotatable bonds is 13. The van der Waals surface area contributed by atoms with E-state index in [2.05, 4.69) is 77.2 Å². The van der Waals surface area contributed by atoms with Crippen LogP contribution in [-0.2, 0) is 52.7 Å². The fourth-order valence-corrected chi connectivity index (χ4v) is 12.2. The first-order valence-corrected chi connectivity index (χ1v) is 27.5. The summed E-state index contributed by atoms with van der Waals surface area (Å²) < 4.78 is 25.5. The summed E-state index contributed by atoms with van der Waals surface area (Å²) in [7, 11) is 8.76. The zero-order valence-corrected chi connectivity index (χ0v) is 46.4. The Morgan fingerprint density at radius 3 is 2.45 bits per heavy atom. The molecule has 5 atom stereocenters. The maximum absolute atomic E-state index is 14.8. The van der Waals surface area contributed by atoms with Gasteiger partial charge in [0.25, 0.3) is 5.91 Å². The van der Waals surface area contributed by atoms with Crippen molar-refractivity contribution in [2.75, 3.05) is 92.7 Å². The number of nitrogens with one attached hydrogen (secondary N) is 2. The van der Waals surface area contributed by atoms with E-state index in [0.717, 1.165) is 89.4 Å². The van der Waals surface area contributed by atoms with Gasteiger partial charge in [0.15, 0.2) is 6.29 Å². The molecule has 7 heterocycles. The molecule has 18 nitrogen and oxygen atoms in total. The Labute approximate surface area is 441 Å². The molecule has 0 aliphatic carbocycles. The molecule has 19 heteroatoms. The highest BCUT2D eigenvalue weighted by atomic mass is 32.1. The number of piperazine rings is 1. The Bertz CT molecular complexity index is 2620. The molecule has 2 N–H and O–H groups in total. The Morgan fingerprint density at radius 1 is 1.00 bits per heavy atom. The van der Waals surface area contributed by atoms with Gasteiger partial charge in [-0.1, -0.05) is 33.8 Å². The second-order valence-electron chi connectivity index (χ2n) is 21.9. The van der Waals surface area contributed by atoms with Gasteiger partial charge in [-0.25, -0.2) is 15.2 Å². The van der Waals surface area contributed by atoms with Crippen molar-refractivity contribution in [3.63, 3.8) is 0 Å². The first-order chi connectivity index (χ1) is 35.4. The molecular formula is C55H80N10O8S. The number of amides is 4. The quantitative estimate of drug-likeness (QED) is 0.106. The Hall–Kier alpha value is -5.18. The number of hydrogen-bond acceptors (Lipinski definition) is 14. The molecule has 0 spiro atoms. The average molecular weight is 1040 g/mol. The molecule has 1 unspecified atom stereocenters. The molecule has 4 aliphatic heterocycles. The number of esters is 1. The summed E-state index contributed by atoms with van der Waals surface area (Å²) in [4.78, 5) is 76.2. The van der Waals surface area contributed by atoms with E-state index in [9.17, 15) is 19.2 Å². The first kappa shape index (κ1) is 55.1. The molecule has 1 aromatic carbocycles. The number of piperidine rings is 1. The van der Waals surface area contributed by atoms with Crippen LogP contribution in [0.25, 0.3) is 33.4 Å². The summed E-state index contributed by atoms with van der Waals surface area (Å²) in [6, 6.07) is 5.78. The van der Waals surface area contributed by atoms with Crippen LogP contribution in [0.2, 0.25) is 0 Å². The number of ether oxygens (including phenoxy) is 4. The van der Waals surface area contributed by atoms with E-state index in [-0.39, 0.29) is 43.3 Å². The summed E-state index contributed by atoms with van der Waals surface area (Å²) in [6.45, 7) is 18.2. The smallest absolute Gasteiger partial charge is 0.324 e. The largest absolute Gasteiger partial charge is 0.464 e. The number of nitrogens with zero attached hydrogens (tertiary/aromatic N) is 8. The van der Waals surface area contributed by atoms with Gasteiger partial charge in [0.2, 0.25) is 5.91 Å². The van der Waals surface area contributed by atoms with Crippen LogP contribution in [0.5, 0.6) is 0 Å². The molecule has 3 saturated heterocycles. The van der Waals surface area contributed by atoms with Crippen LogP contribution in [0, 0.1) is 17.3 Å². The number of fused-ring (bicyclic) bond motifs is 6. The number of methoxy groups -OCH3 is 3. The van der Waals surface area contributed by atoms with Crippen molar-refractivity contribution in [1.29, 1.82) is 0 Å². The predicted octanol–water partition coefficient (Wildman–Crippen LogP) is 6.75. The number of carbonyl (C=O) groups is 4. The average Bonchev–Trinajstić information content (AvgIpc) is 3.99. The number of aromatic nitrogens is 3. The van der Waals surface area contributed by atoms with Gasteiger partial charge in [-0.15, -0.1) is 11.3 Å². The van der Waals surface area contributed by atoms with E-state index in [1.807, 2.05) is 32.3 Å². The number of pyridine rings is 1. The van der Waals surface area contributed by atoms with Crippen molar-refractivity contribution < 1.29 is 38.1 Å². The number of anilines is 1. The molecule has 4 aromatic rings. The number of benzene rings is 1. The molecular weight excluding hydrogens is 961 g/mol.